The van der Waals surface area contributed by atoms with Crippen molar-refractivity contribution in [2.24, 2.45) is 0 Å². The number of nitrogens with zero attached hydrogens (tertiary/aromatic N) is 1. The Kier molecular flexibility index (Phi) is 5.13. The van der Waals surface area contributed by atoms with Crippen molar-refractivity contribution in [3.63, 3.8) is 0 Å². The van der Waals surface area contributed by atoms with Crippen molar-refractivity contribution in [2.75, 3.05) is 6.54 Å². The molecule has 2 aliphatic rings. The lowest BCUT2D eigenvalue weighted by Gasteiger charge is -2.19. The summed E-state index contributed by atoms with van der Waals surface area (Å²) in [6.07, 6.45) is 6.79. The molecule has 24 heavy (non-hydrogen) atoms. The second-order valence-corrected chi connectivity index (χ2v) is 6.46. The van der Waals surface area contributed by atoms with E-state index in [4.69, 9.17) is 0 Å². The Bertz CT molecular complexity index is 620. The number of amides is 4. The topological polar surface area (TPSA) is 78.5 Å². The molecule has 3 rings (SSSR count). The van der Waals surface area contributed by atoms with Gasteiger partial charge in [0.1, 0.15) is 0 Å². The standard InChI is InChI=1S/C18H23N3O3/c22-16-11-19-18(24)21(16)12-13-7-5-6-10-15(13)17(23)20-14-8-3-1-2-4-9-14/h5-7,10,14H,1-4,8-9,11-12H2,(H,19,24)(H,20,23). The van der Waals surface area contributed by atoms with E-state index in [1.807, 2.05) is 6.07 Å². The number of rotatable bonds is 4. The number of carbonyl (C=O) groups is 3. The predicted octanol–water partition coefficient (Wildman–Crippen LogP) is 2.19. The van der Waals surface area contributed by atoms with Gasteiger partial charge in [-0.05, 0) is 24.5 Å². The molecule has 6 nitrogen and oxygen atoms in total. The summed E-state index contributed by atoms with van der Waals surface area (Å²) < 4.78 is 0. The third kappa shape index (κ3) is 3.75. The van der Waals surface area contributed by atoms with E-state index < -0.39 is 6.03 Å². The molecule has 1 aromatic rings. The van der Waals surface area contributed by atoms with Crippen molar-refractivity contribution in [2.45, 2.75) is 51.1 Å². The van der Waals surface area contributed by atoms with E-state index in [2.05, 4.69) is 10.6 Å². The first-order valence-electron chi connectivity index (χ1n) is 8.62. The number of benzene rings is 1. The molecule has 1 heterocycles. The molecule has 1 aliphatic heterocycles. The fraction of sp³-hybridized carbons (Fsp3) is 0.500. The van der Waals surface area contributed by atoms with Crippen molar-refractivity contribution in [1.29, 1.82) is 0 Å². The summed E-state index contributed by atoms with van der Waals surface area (Å²) in [6, 6.07) is 6.97. The minimum Gasteiger partial charge on any atom is -0.349 e. The maximum absolute atomic E-state index is 12.7. The fourth-order valence-electron chi connectivity index (χ4n) is 3.35. The van der Waals surface area contributed by atoms with Crippen LogP contribution in [0.5, 0.6) is 0 Å². The zero-order valence-electron chi connectivity index (χ0n) is 13.7. The van der Waals surface area contributed by atoms with Crippen LogP contribution in [0.15, 0.2) is 24.3 Å². The summed E-state index contributed by atoms with van der Waals surface area (Å²) in [7, 11) is 0. The summed E-state index contributed by atoms with van der Waals surface area (Å²) in [4.78, 5) is 37.3. The van der Waals surface area contributed by atoms with Crippen LogP contribution < -0.4 is 10.6 Å². The van der Waals surface area contributed by atoms with Crippen LogP contribution in [0.25, 0.3) is 0 Å². The highest BCUT2D eigenvalue weighted by molar-refractivity contribution is 6.02. The fourth-order valence-corrected chi connectivity index (χ4v) is 3.35. The van der Waals surface area contributed by atoms with Gasteiger partial charge in [-0.1, -0.05) is 43.9 Å². The average molecular weight is 329 g/mol. The maximum Gasteiger partial charge on any atom is 0.324 e. The zero-order chi connectivity index (χ0) is 16.9. The number of carbonyl (C=O) groups excluding carboxylic acids is 3. The first-order valence-corrected chi connectivity index (χ1v) is 8.62. The van der Waals surface area contributed by atoms with E-state index in [-0.39, 0.29) is 30.9 Å². The van der Waals surface area contributed by atoms with Crippen LogP contribution >= 0.6 is 0 Å². The van der Waals surface area contributed by atoms with Gasteiger partial charge in [-0.25, -0.2) is 4.79 Å². The SMILES string of the molecule is O=C(NC1CCCCCC1)c1ccccc1CN1C(=O)CNC1=O. The maximum atomic E-state index is 12.7. The number of hydrogen-bond donors (Lipinski definition) is 2. The minimum absolute atomic E-state index is 0.0231. The van der Waals surface area contributed by atoms with Gasteiger partial charge in [0, 0.05) is 11.6 Å². The van der Waals surface area contributed by atoms with Gasteiger partial charge in [0.05, 0.1) is 13.1 Å². The van der Waals surface area contributed by atoms with Crippen molar-refractivity contribution >= 4 is 17.8 Å². The van der Waals surface area contributed by atoms with Crippen molar-refractivity contribution in [3.8, 4) is 0 Å². The highest BCUT2D eigenvalue weighted by Crippen LogP contribution is 2.19. The number of nitrogens with one attached hydrogen (secondary N) is 2. The summed E-state index contributed by atoms with van der Waals surface area (Å²) in [5, 5.41) is 5.62. The molecule has 0 bridgehead atoms. The van der Waals surface area contributed by atoms with Crippen LogP contribution in [0, 0.1) is 0 Å². The molecule has 0 spiro atoms. The van der Waals surface area contributed by atoms with Gasteiger partial charge in [-0.3, -0.25) is 14.5 Å². The van der Waals surface area contributed by atoms with Crippen molar-refractivity contribution in [3.05, 3.63) is 35.4 Å². The highest BCUT2D eigenvalue weighted by atomic mass is 16.2. The number of imide groups is 1. The molecule has 6 heteroatoms. The normalized spacial score (nSPS) is 19.1. The molecule has 4 amide bonds. The van der Waals surface area contributed by atoms with E-state index in [1.165, 1.54) is 12.8 Å². The highest BCUT2D eigenvalue weighted by Gasteiger charge is 2.29. The molecule has 0 unspecified atom stereocenters. The molecule has 0 aromatic heterocycles. The molecule has 1 aromatic carbocycles. The van der Waals surface area contributed by atoms with Gasteiger partial charge < -0.3 is 10.6 Å². The third-order valence-electron chi connectivity index (χ3n) is 4.72. The molecular weight excluding hydrogens is 306 g/mol. The molecule has 1 saturated heterocycles. The minimum atomic E-state index is -0.404. The average Bonchev–Trinajstić information content (AvgIpc) is 2.79. The number of hydrogen-bond acceptors (Lipinski definition) is 3. The second kappa shape index (κ2) is 7.47. The third-order valence-corrected chi connectivity index (χ3v) is 4.72. The summed E-state index contributed by atoms with van der Waals surface area (Å²) in [5.41, 5.74) is 1.23. The lowest BCUT2D eigenvalue weighted by molar-refractivity contribution is -0.125. The molecule has 2 fully saturated rings. The van der Waals surface area contributed by atoms with Gasteiger partial charge in [-0.2, -0.15) is 0 Å². The monoisotopic (exact) mass is 329 g/mol. The summed E-state index contributed by atoms with van der Waals surface area (Å²) in [5.74, 6) is -0.386. The smallest absolute Gasteiger partial charge is 0.324 e. The molecule has 0 atom stereocenters. The molecule has 1 saturated carbocycles. The lowest BCUT2D eigenvalue weighted by Crippen LogP contribution is -2.36. The van der Waals surface area contributed by atoms with E-state index >= 15 is 0 Å². The Balaban J connectivity index is 1.72. The predicted molar refractivity (Wildman–Crippen MR) is 89.3 cm³/mol. The van der Waals surface area contributed by atoms with E-state index in [0.29, 0.717) is 11.1 Å². The van der Waals surface area contributed by atoms with Crippen LogP contribution in [0.3, 0.4) is 0 Å². The molecule has 0 radical (unpaired) electrons. The van der Waals surface area contributed by atoms with Crippen molar-refractivity contribution < 1.29 is 14.4 Å². The second-order valence-electron chi connectivity index (χ2n) is 6.46. The van der Waals surface area contributed by atoms with Crippen molar-refractivity contribution in [1.82, 2.24) is 15.5 Å². The zero-order valence-corrected chi connectivity index (χ0v) is 13.7. The number of urea groups is 1. The quantitative estimate of drug-likeness (QED) is 0.656. The molecular formula is C18H23N3O3. The molecule has 1 aliphatic carbocycles. The summed E-state index contributed by atoms with van der Waals surface area (Å²) >= 11 is 0. The van der Waals surface area contributed by atoms with E-state index in [0.717, 1.165) is 30.6 Å². The Morgan fingerprint density at radius 1 is 1.12 bits per heavy atom. The van der Waals surface area contributed by atoms with E-state index in [1.54, 1.807) is 18.2 Å². The van der Waals surface area contributed by atoms with Gasteiger partial charge in [-0.15, -0.1) is 0 Å². The Hall–Kier alpha value is -2.37. The first kappa shape index (κ1) is 16.5. The van der Waals surface area contributed by atoms with Crippen LogP contribution in [0.1, 0.15) is 54.4 Å². The van der Waals surface area contributed by atoms with Gasteiger partial charge >= 0.3 is 6.03 Å². The Morgan fingerprint density at radius 3 is 2.50 bits per heavy atom. The van der Waals surface area contributed by atoms with Crippen LogP contribution in [-0.2, 0) is 11.3 Å². The molecule has 128 valence electrons. The first-order chi connectivity index (χ1) is 11.6. The largest absolute Gasteiger partial charge is 0.349 e. The van der Waals surface area contributed by atoms with Crippen LogP contribution in [0.2, 0.25) is 0 Å². The van der Waals surface area contributed by atoms with E-state index in [9.17, 15) is 14.4 Å². The lowest BCUT2D eigenvalue weighted by atomic mass is 10.0. The van der Waals surface area contributed by atoms with Gasteiger partial charge in [0.25, 0.3) is 5.91 Å². The van der Waals surface area contributed by atoms with Crippen LogP contribution in [-0.4, -0.2) is 35.3 Å². The molecule has 2 N–H and O–H groups in total. The van der Waals surface area contributed by atoms with Gasteiger partial charge in [0.15, 0.2) is 0 Å². The Morgan fingerprint density at radius 2 is 1.83 bits per heavy atom. The Labute approximate surface area is 141 Å². The van der Waals surface area contributed by atoms with Crippen LogP contribution in [0.4, 0.5) is 4.79 Å². The van der Waals surface area contributed by atoms with Gasteiger partial charge in [0.2, 0.25) is 5.91 Å². The summed E-state index contributed by atoms with van der Waals surface area (Å²) in [6.45, 7) is 0.147.